The summed E-state index contributed by atoms with van der Waals surface area (Å²) in [4.78, 5) is 79.6. The molecule has 3 saturated heterocycles. The highest BCUT2D eigenvalue weighted by molar-refractivity contribution is 6.11. The first kappa shape index (κ1) is 46.3. The lowest BCUT2D eigenvalue weighted by atomic mass is 10.0. The van der Waals surface area contributed by atoms with Crippen LogP contribution in [0.25, 0.3) is 10.9 Å². The van der Waals surface area contributed by atoms with Crippen LogP contribution in [0.15, 0.2) is 72.8 Å². The number of benzene rings is 4. The van der Waals surface area contributed by atoms with Gasteiger partial charge in [0.25, 0.3) is 11.8 Å². The fraction of sp³-hybridized carbons (Fsp3) is 0.367. The number of fused-ring (bicyclic) bond motifs is 1. The lowest BCUT2D eigenvalue weighted by Gasteiger charge is -2.36. The third-order valence-electron chi connectivity index (χ3n) is 12.4. The van der Waals surface area contributed by atoms with Gasteiger partial charge in [0.05, 0.1) is 16.6 Å². The molecule has 1 aromatic heterocycles. The summed E-state index contributed by atoms with van der Waals surface area (Å²) in [7, 11) is 0. The van der Waals surface area contributed by atoms with E-state index in [1.807, 2.05) is 35.2 Å². The van der Waals surface area contributed by atoms with E-state index in [4.69, 9.17) is 4.74 Å². The number of rotatable bonds is 17. The Hall–Kier alpha value is -7.21. The predicted octanol–water partition coefficient (Wildman–Crippen LogP) is 5.94. The zero-order chi connectivity index (χ0) is 46.9. The highest BCUT2D eigenvalue weighted by Gasteiger charge is 2.29. The van der Waals surface area contributed by atoms with Crippen LogP contribution in [0.2, 0.25) is 0 Å². The van der Waals surface area contributed by atoms with E-state index in [0.717, 1.165) is 43.0 Å². The number of hydrogen-bond acceptors (Lipinski definition) is 11. The number of piperidine rings is 1. The smallest absolute Gasteiger partial charge is 0.258 e. The number of carbonyl (C=O) groups excluding carboxylic acids is 6. The first-order chi connectivity index (χ1) is 32.5. The molecule has 0 saturated carbocycles. The van der Waals surface area contributed by atoms with Crippen LogP contribution >= 0.6 is 0 Å². The van der Waals surface area contributed by atoms with Crippen LogP contribution in [-0.2, 0) is 25.5 Å². The molecule has 5 amide bonds. The van der Waals surface area contributed by atoms with Crippen molar-refractivity contribution in [3.05, 3.63) is 112 Å². The van der Waals surface area contributed by atoms with Crippen molar-refractivity contribution in [2.24, 2.45) is 0 Å². The average Bonchev–Trinajstić information content (AvgIpc) is 3.72. The number of unbranched alkanes of at least 4 members (excludes halogenated alkanes) is 2. The average molecular weight is 918 g/mol. The van der Waals surface area contributed by atoms with E-state index in [2.05, 4.69) is 41.7 Å². The molecule has 5 aromatic rings. The zero-order valence-corrected chi connectivity index (χ0v) is 36.9. The number of amides is 5. The first-order valence-electron chi connectivity index (χ1n) is 22.7. The van der Waals surface area contributed by atoms with Gasteiger partial charge in [0.1, 0.15) is 17.7 Å². The van der Waals surface area contributed by atoms with Crippen LogP contribution in [0.5, 0.6) is 0 Å². The van der Waals surface area contributed by atoms with Crippen LogP contribution in [0, 0.1) is 11.6 Å². The Labute approximate surface area is 385 Å². The second kappa shape index (κ2) is 21.4. The van der Waals surface area contributed by atoms with Gasteiger partial charge in [-0.2, -0.15) is 5.10 Å². The third kappa shape index (κ3) is 11.8. The van der Waals surface area contributed by atoms with Crippen molar-refractivity contribution >= 4 is 69.6 Å². The molecule has 0 bridgehead atoms. The number of piperazine rings is 1. The number of carbonyl (C=O) groups is 6. The summed E-state index contributed by atoms with van der Waals surface area (Å²) in [5.41, 5.74) is 4.97. The largest absolute Gasteiger partial charge is 0.385 e. The molecule has 8 rings (SSSR count). The molecule has 3 fully saturated rings. The standard InChI is InChI=1S/C49H53F2N9O7/c50-33-23-31(24-34(51)26-33)22-30-5-10-41-40(25-30)46(58-57-41)56-47(64)38-9-8-37(28-43(38)53-35-13-20-67-21-14-35)59-16-18-60(19-17-59)45(63)4-2-1-3-15-52-36-7-6-32(29-61)39(27-36)48(65)54-42-11-12-44(62)55-49(42)66/h5-10,23-29,35,42,52-53H,1-4,11-22H2,(H,54,65)(H,55,62,66)(H2,56,57,58,64). The van der Waals surface area contributed by atoms with Crippen molar-refractivity contribution in [2.75, 3.05) is 66.8 Å². The molecule has 67 heavy (non-hydrogen) atoms. The van der Waals surface area contributed by atoms with Gasteiger partial charge in [0.15, 0.2) is 12.1 Å². The third-order valence-corrected chi connectivity index (χ3v) is 12.4. The monoisotopic (exact) mass is 917 g/mol. The Morgan fingerprint density at radius 3 is 2.37 bits per heavy atom. The van der Waals surface area contributed by atoms with Crippen molar-refractivity contribution in [3.8, 4) is 0 Å². The number of nitrogens with one attached hydrogen (secondary N) is 6. The Bertz CT molecular complexity index is 2640. The molecule has 18 heteroatoms. The van der Waals surface area contributed by atoms with Gasteiger partial charge in [-0.15, -0.1) is 0 Å². The number of anilines is 4. The van der Waals surface area contributed by atoms with E-state index < -0.39 is 29.5 Å². The number of hydrogen-bond donors (Lipinski definition) is 6. The maximum Gasteiger partial charge on any atom is 0.258 e. The Kier molecular flexibility index (Phi) is 14.8. The fourth-order valence-corrected chi connectivity index (χ4v) is 8.71. The lowest BCUT2D eigenvalue weighted by Crippen LogP contribution is -2.52. The number of nitrogens with zero attached hydrogens (tertiary/aromatic N) is 3. The molecule has 4 aromatic carbocycles. The number of aromatic nitrogens is 2. The summed E-state index contributed by atoms with van der Waals surface area (Å²) in [5.74, 6) is -2.76. The zero-order valence-electron chi connectivity index (χ0n) is 36.9. The maximum atomic E-state index is 14.0. The summed E-state index contributed by atoms with van der Waals surface area (Å²) < 4.78 is 33.4. The quantitative estimate of drug-likeness (QED) is 0.0366. The predicted molar refractivity (Wildman–Crippen MR) is 248 cm³/mol. The summed E-state index contributed by atoms with van der Waals surface area (Å²) >= 11 is 0. The van der Waals surface area contributed by atoms with Gasteiger partial charge in [-0.25, -0.2) is 8.78 Å². The van der Waals surface area contributed by atoms with E-state index in [1.54, 1.807) is 18.2 Å². The minimum atomic E-state index is -0.863. The number of halogens is 2. The SMILES string of the molecule is O=Cc1ccc(NCCCCCC(=O)N2CCN(c3ccc(C(=O)Nc4n[nH]c5ccc(Cc6cc(F)cc(F)c6)cc45)c(NC4CCOCC4)c3)CC2)cc1C(=O)NC1CCC(=O)NC1=O. The molecule has 3 aliphatic heterocycles. The van der Waals surface area contributed by atoms with Crippen LogP contribution in [0.3, 0.4) is 0 Å². The molecule has 0 radical (unpaired) electrons. The highest BCUT2D eigenvalue weighted by Crippen LogP contribution is 2.30. The molecule has 4 heterocycles. The van der Waals surface area contributed by atoms with Gasteiger partial charge in [0.2, 0.25) is 17.7 Å². The van der Waals surface area contributed by atoms with Crippen LogP contribution < -0.4 is 31.5 Å². The molecular formula is C49H53F2N9O7. The van der Waals surface area contributed by atoms with E-state index in [-0.39, 0.29) is 47.7 Å². The lowest BCUT2D eigenvalue weighted by molar-refractivity contribution is -0.134. The van der Waals surface area contributed by atoms with Crippen molar-refractivity contribution in [1.82, 2.24) is 25.7 Å². The molecule has 16 nitrogen and oxygen atoms in total. The minimum Gasteiger partial charge on any atom is -0.385 e. The van der Waals surface area contributed by atoms with E-state index >= 15 is 0 Å². The molecular weight excluding hydrogens is 865 g/mol. The van der Waals surface area contributed by atoms with E-state index in [0.29, 0.717) is 111 Å². The van der Waals surface area contributed by atoms with Crippen molar-refractivity contribution in [3.63, 3.8) is 0 Å². The van der Waals surface area contributed by atoms with Gasteiger partial charge in [-0.3, -0.25) is 39.2 Å². The van der Waals surface area contributed by atoms with E-state index in [9.17, 15) is 37.5 Å². The highest BCUT2D eigenvalue weighted by atomic mass is 19.1. The fourth-order valence-electron chi connectivity index (χ4n) is 8.71. The van der Waals surface area contributed by atoms with E-state index in [1.165, 1.54) is 18.2 Å². The summed E-state index contributed by atoms with van der Waals surface area (Å²) in [6.07, 6.45) is 5.45. The van der Waals surface area contributed by atoms with Gasteiger partial charge < -0.3 is 35.8 Å². The Balaban J connectivity index is 0.822. The normalized spacial score (nSPS) is 16.7. The first-order valence-corrected chi connectivity index (χ1v) is 22.7. The molecule has 3 aliphatic rings. The Morgan fingerprint density at radius 2 is 1.61 bits per heavy atom. The van der Waals surface area contributed by atoms with Gasteiger partial charge >= 0.3 is 0 Å². The maximum absolute atomic E-state index is 14.0. The number of ether oxygens (including phenoxy) is 1. The molecule has 0 spiro atoms. The van der Waals surface area contributed by atoms with Crippen molar-refractivity contribution in [1.29, 1.82) is 0 Å². The van der Waals surface area contributed by atoms with Crippen molar-refractivity contribution < 1.29 is 42.3 Å². The number of aldehydes is 1. The number of imide groups is 1. The summed E-state index contributed by atoms with van der Waals surface area (Å²) in [5, 5.41) is 22.7. The number of H-pyrrole nitrogens is 1. The molecule has 350 valence electrons. The summed E-state index contributed by atoms with van der Waals surface area (Å²) in [6, 6.07) is 18.7. The minimum absolute atomic E-state index is 0.0958. The summed E-state index contributed by atoms with van der Waals surface area (Å²) in [6.45, 7) is 4.18. The molecule has 6 N–H and O–H groups in total. The Morgan fingerprint density at radius 1 is 0.821 bits per heavy atom. The van der Waals surface area contributed by atoms with Gasteiger partial charge in [-0.1, -0.05) is 12.5 Å². The van der Waals surface area contributed by atoms with Crippen molar-refractivity contribution in [2.45, 2.75) is 69.9 Å². The molecule has 1 atom stereocenters. The van der Waals surface area contributed by atoms with Gasteiger partial charge in [0, 0.05) is 98.9 Å². The second-order valence-electron chi connectivity index (χ2n) is 17.1. The van der Waals surface area contributed by atoms with Gasteiger partial charge in [-0.05, 0) is 110 Å². The topological polar surface area (TPSA) is 207 Å². The molecule has 1 unspecified atom stereocenters. The van der Waals surface area contributed by atoms with Crippen LogP contribution in [0.4, 0.5) is 31.7 Å². The van der Waals surface area contributed by atoms with Crippen LogP contribution in [0.1, 0.15) is 93.6 Å². The number of aromatic amines is 1. The second-order valence-corrected chi connectivity index (χ2v) is 17.1. The van der Waals surface area contributed by atoms with Crippen LogP contribution in [-0.4, -0.2) is 109 Å². The molecule has 0 aliphatic carbocycles.